The molecule has 104 valence electrons. The highest BCUT2D eigenvalue weighted by Crippen LogP contribution is 2.26. The van der Waals surface area contributed by atoms with E-state index in [9.17, 15) is 5.11 Å². The molecule has 1 aromatic heterocycles. The summed E-state index contributed by atoms with van der Waals surface area (Å²) in [5, 5.41) is 14.9. The van der Waals surface area contributed by atoms with Gasteiger partial charge in [-0.25, -0.2) is 0 Å². The fourth-order valence-corrected chi connectivity index (χ4v) is 2.62. The monoisotopic (exact) mass is 318 g/mol. The van der Waals surface area contributed by atoms with Gasteiger partial charge in [0.1, 0.15) is 0 Å². The van der Waals surface area contributed by atoms with Gasteiger partial charge >= 0.3 is 0 Å². The molecule has 0 aromatic carbocycles. The van der Waals surface area contributed by atoms with Crippen LogP contribution in [-0.4, -0.2) is 33.7 Å². The average Bonchev–Trinajstić information content (AvgIpc) is 2.63. The predicted octanol–water partition coefficient (Wildman–Crippen LogP) is 2.56. The molecular weight excluding hydrogens is 296 g/mol. The summed E-state index contributed by atoms with van der Waals surface area (Å²) in [6.45, 7) is 9.62. The Balaban J connectivity index is 2.91. The van der Waals surface area contributed by atoms with E-state index < -0.39 is 5.60 Å². The van der Waals surface area contributed by atoms with Crippen LogP contribution in [0.2, 0.25) is 0 Å². The predicted molar refractivity (Wildman–Crippen MR) is 75.8 cm³/mol. The molecule has 1 rings (SSSR count). The fourth-order valence-electron chi connectivity index (χ4n) is 1.92. The highest BCUT2D eigenvalue weighted by molar-refractivity contribution is 9.10. The topological polar surface area (TPSA) is 47.3 Å². The molecule has 0 fully saturated rings. The van der Waals surface area contributed by atoms with Gasteiger partial charge in [-0.05, 0) is 43.1 Å². The molecular formula is C13H23BrN2O2. The first-order chi connectivity index (χ1) is 8.45. The van der Waals surface area contributed by atoms with Crippen LogP contribution < -0.4 is 0 Å². The number of nitrogens with zero attached hydrogens (tertiary/aromatic N) is 2. The Morgan fingerprint density at radius 2 is 2.06 bits per heavy atom. The highest BCUT2D eigenvalue weighted by Gasteiger charge is 2.26. The van der Waals surface area contributed by atoms with Crippen molar-refractivity contribution < 1.29 is 9.84 Å². The summed E-state index contributed by atoms with van der Waals surface area (Å²) >= 11 is 3.59. The molecule has 1 aromatic rings. The number of aryl methyl sites for hydroxylation is 2. The summed E-state index contributed by atoms with van der Waals surface area (Å²) in [5.41, 5.74) is 1.22. The quantitative estimate of drug-likeness (QED) is 0.840. The lowest BCUT2D eigenvalue weighted by molar-refractivity contribution is -0.0309. The third-order valence-corrected chi connectivity index (χ3v) is 3.77. The van der Waals surface area contributed by atoms with Crippen molar-refractivity contribution in [3.8, 4) is 0 Å². The lowest BCUT2D eigenvalue weighted by Gasteiger charge is -2.23. The van der Waals surface area contributed by atoms with Gasteiger partial charge in [0.05, 0.1) is 28.1 Å². The molecule has 0 radical (unpaired) electrons. The van der Waals surface area contributed by atoms with Crippen molar-refractivity contribution in [3.63, 3.8) is 0 Å². The summed E-state index contributed by atoms with van der Waals surface area (Å²) < 4.78 is 8.29. The smallest absolute Gasteiger partial charge is 0.0907 e. The van der Waals surface area contributed by atoms with Crippen molar-refractivity contribution >= 4 is 15.9 Å². The largest absolute Gasteiger partial charge is 0.387 e. The Hall–Kier alpha value is -0.390. The van der Waals surface area contributed by atoms with Crippen molar-refractivity contribution in [3.05, 3.63) is 15.9 Å². The lowest BCUT2D eigenvalue weighted by atomic mass is 10.0. The molecule has 0 bridgehead atoms. The maximum atomic E-state index is 10.3. The van der Waals surface area contributed by atoms with Gasteiger partial charge in [0.2, 0.25) is 0 Å². The second-order valence-electron chi connectivity index (χ2n) is 4.69. The summed E-state index contributed by atoms with van der Waals surface area (Å²) in [4.78, 5) is 0. The first-order valence-corrected chi connectivity index (χ1v) is 7.28. The van der Waals surface area contributed by atoms with Gasteiger partial charge in [-0.2, -0.15) is 5.10 Å². The van der Waals surface area contributed by atoms with Gasteiger partial charge in [-0.3, -0.25) is 4.68 Å². The second kappa shape index (κ2) is 6.68. The number of ether oxygens (including phenoxy) is 1. The number of halogens is 1. The zero-order valence-corrected chi connectivity index (χ0v) is 13.2. The minimum atomic E-state index is -0.865. The molecule has 0 aliphatic heterocycles. The summed E-state index contributed by atoms with van der Waals surface area (Å²) in [5.74, 6) is 0. The number of hydrogen-bond acceptors (Lipinski definition) is 3. The van der Waals surface area contributed by atoms with Crippen molar-refractivity contribution in [1.29, 1.82) is 0 Å². The van der Waals surface area contributed by atoms with Gasteiger partial charge in [0.15, 0.2) is 0 Å². The van der Waals surface area contributed by atoms with Gasteiger partial charge in [-0.1, -0.05) is 6.92 Å². The lowest BCUT2D eigenvalue weighted by Crippen LogP contribution is -2.34. The third-order valence-electron chi connectivity index (χ3n) is 2.86. The molecule has 4 nitrogen and oxygen atoms in total. The first-order valence-electron chi connectivity index (χ1n) is 6.49. The van der Waals surface area contributed by atoms with Crippen LogP contribution in [0.3, 0.4) is 0 Å². The van der Waals surface area contributed by atoms with E-state index in [0.29, 0.717) is 19.6 Å². The Morgan fingerprint density at radius 1 is 1.39 bits per heavy atom. The van der Waals surface area contributed by atoms with Crippen molar-refractivity contribution in [1.82, 2.24) is 9.78 Å². The fraction of sp³-hybridized carbons (Fsp3) is 0.769. The van der Waals surface area contributed by atoms with Crippen LogP contribution in [0.5, 0.6) is 0 Å². The van der Waals surface area contributed by atoms with E-state index in [1.807, 2.05) is 11.6 Å². The van der Waals surface area contributed by atoms with Crippen molar-refractivity contribution in [2.75, 3.05) is 13.2 Å². The van der Waals surface area contributed by atoms with Gasteiger partial charge < -0.3 is 9.84 Å². The van der Waals surface area contributed by atoms with E-state index in [-0.39, 0.29) is 0 Å². The van der Waals surface area contributed by atoms with Crippen LogP contribution in [0.1, 0.15) is 39.1 Å². The third kappa shape index (κ3) is 3.80. The molecule has 1 atom stereocenters. The van der Waals surface area contributed by atoms with Gasteiger partial charge in [-0.15, -0.1) is 0 Å². The van der Waals surface area contributed by atoms with Crippen molar-refractivity contribution in [2.45, 2.75) is 52.7 Å². The summed E-state index contributed by atoms with van der Waals surface area (Å²) in [6.07, 6.45) is 1.42. The Kier molecular flexibility index (Phi) is 5.82. The van der Waals surface area contributed by atoms with Crippen LogP contribution in [0.4, 0.5) is 0 Å². The van der Waals surface area contributed by atoms with E-state index in [1.54, 1.807) is 6.92 Å². The maximum Gasteiger partial charge on any atom is 0.0907 e. The maximum absolute atomic E-state index is 10.3. The molecule has 0 saturated carbocycles. The minimum Gasteiger partial charge on any atom is -0.387 e. The molecule has 1 heterocycles. The molecule has 1 N–H and O–H groups in total. The number of rotatable bonds is 7. The first kappa shape index (κ1) is 15.7. The SMILES string of the molecule is CCOCC(C)(O)Cc1c(Br)c(CC)nn1CC. The van der Waals surface area contributed by atoms with E-state index in [1.165, 1.54) is 0 Å². The van der Waals surface area contributed by atoms with E-state index in [0.717, 1.165) is 28.8 Å². The Bertz CT molecular complexity index is 389. The zero-order chi connectivity index (χ0) is 13.8. The molecule has 0 spiro atoms. The number of aromatic nitrogens is 2. The van der Waals surface area contributed by atoms with E-state index in [2.05, 4.69) is 34.9 Å². The van der Waals surface area contributed by atoms with E-state index in [4.69, 9.17) is 4.74 Å². The van der Waals surface area contributed by atoms with Crippen LogP contribution in [0, 0.1) is 0 Å². The molecule has 0 aliphatic rings. The zero-order valence-electron chi connectivity index (χ0n) is 11.7. The number of aliphatic hydroxyl groups is 1. The van der Waals surface area contributed by atoms with Crippen molar-refractivity contribution in [2.24, 2.45) is 0 Å². The van der Waals surface area contributed by atoms with Crippen LogP contribution in [0.15, 0.2) is 4.47 Å². The molecule has 18 heavy (non-hydrogen) atoms. The summed E-state index contributed by atoms with van der Waals surface area (Å²) in [6, 6.07) is 0. The second-order valence-corrected chi connectivity index (χ2v) is 5.48. The molecule has 0 saturated heterocycles. The number of hydrogen-bond donors (Lipinski definition) is 1. The van der Waals surface area contributed by atoms with Gasteiger partial charge in [0, 0.05) is 19.6 Å². The van der Waals surface area contributed by atoms with E-state index >= 15 is 0 Å². The molecule has 5 heteroatoms. The average molecular weight is 319 g/mol. The Morgan fingerprint density at radius 3 is 2.56 bits per heavy atom. The highest BCUT2D eigenvalue weighted by atomic mass is 79.9. The van der Waals surface area contributed by atoms with Crippen LogP contribution >= 0.6 is 15.9 Å². The standard InChI is InChI=1S/C13H23BrN2O2/c1-5-10-12(14)11(16(6-2)15-10)8-13(4,17)9-18-7-3/h17H,5-9H2,1-4H3. The normalized spacial score (nSPS) is 14.8. The minimum absolute atomic E-state index is 0.340. The van der Waals surface area contributed by atoms with Gasteiger partial charge in [0.25, 0.3) is 0 Å². The molecule has 1 unspecified atom stereocenters. The van der Waals surface area contributed by atoms with Crippen LogP contribution in [0.25, 0.3) is 0 Å². The summed E-state index contributed by atoms with van der Waals surface area (Å²) in [7, 11) is 0. The Labute approximate surface area is 117 Å². The van der Waals surface area contributed by atoms with Crippen LogP contribution in [-0.2, 0) is 24.1 Å². The molecule has 0 aliphatic carbocycles. The molecule has 0 amide bonds.